The van der Waals surface area contributed by atoms with Crippen LogP contribution in [0, 0.1) is 13.8 Å². The minimum absolute atomic E-state index is 0.0147. The number of sulfonamides is 1. The predicted molar refractivity (Wildman–Crippen MR) is 105 cm³/mol. The minimum Gasteiger partial charge on any atom is -0.382 e. The standard InChI is InChI=1S/C16H16N4O3S3/c1-8-7-12(9(2)24-8)13(21)14-15(17)20-16(25-14)19-10-3-5-11(6-4-10)26(18,22)23/h3-7H,17H2,1-2H3,(H,19,20)(H2,18,22,23). The maximum atomic E-state index is 12.7. The second-order valence-electron chi connectivity index (χ2n) is 5.58. The first-order valence-corrected chi connectivity index (χ1v) is 10.6. The fourth-order valence-electron chi connectivity index (χ4n) is 2.38. The second kappa shape index (κ2) is 6.80. The number of hydrogen-bond acceptors (Lipinski definition) is 8. The summed E-state index contributed by atoms with van der Waals surface area (Å²) >= 11 is 2.71. The fraction of sp³-hybridized carbons (Fsp3) is 0.125. The molecule has 0 spiro atoms. The summed E-state index contributed by atoms with van der Waals surface area (Å²) < 4.78 is 22.6. The van der Waals surface area contributed by atoms with Crippen LogP contribution >= 0.6 is 22.7 Å². The van der Waals surface area contributed by atoms with Crippen LogP contribution in [0.2, 0.25) is 0 Å². The first kappa shape index (κ1) is 18.5. The van der Waals surface area contributed by atoms with Gasteiger partial charge < -0.3 is 11.1 Å². The van der Waals surface area contributed by atoms with Gasteiger partial charge in [0.25, 0.3) is 0 Å². The van der Waals surface area contributed by atoms with Gasteiger partial charge in [0.1, 0.15) is 10.7 Å². The van der Waals surface area contributed by atoms with Crippen LogP contribution in [-0.4, -0.2) is 19.2 Å². The van der Waals surface area contributed by atoms with Gasteiger partial charge in [-0.15, -0.1) is 11.3 Å². The van der Waals surface area contributed by atoms with Crippen molar-refractivity contribution in [3.05, 3.63) is 50.5 Å². The van der Waals surface area contributed by atoms with Crippen molar-refractivity contribution in [1.82, 2.24) is 4.98 Å². The lowest BCUT2D eigenvalue weighted by Crippen LogP contribution is -2.11. The van der Waals surface area contributed by atoms with Crippen molar-refractivity contribution in [2.75, 3.05) is 11.1 Å². The van der Waals surface area contributed by atoms with Gasteiger partial charge >= 0.3 is 0 Å². The summed E-state index contributed by atoms with van der Waals surface area (Å²) in [6.07, 6.45) is 0. The van der Waals surface area contributed by atoms with Crippen LogP contribution < -0.4 is 16.2 Å². The maximum Gasteiger partial charge on any atom is 0.238 e. The number of anilines is 3. The second-order valence-corrected chi connectivity index (χ2v) is 9.60. The normalized spacial score (nSPS) is 11.5. The summed E-state index contributed by atoms with van der Waals surface area (Å²) in [6.45, 7) is 3.84. The summed E-state index contributed by atoms with van der Waals surface area (Å²) in [4.78, 5) is 19.3. The molecular formula is C16H16N4O3S3. The van der Waals surface area contributed by atoms with Gasteiger partial charge in [-0.1, -0.05) is 11.3 Å². The van der Waals surface area contributed by atoms with Gasteiger partial charge in [-0.3, -0.25) is 4.79 Å². The zero-order valence-electron chi connectivity index (χ0n) is 13.9. The van der Waals surface area contributed by atoms with Gasteiger partial charge in [0.2, 0.25) is 15.8 Å². The first-order chi connectivity index (χ1) is 12.1. The van der Waals surface area contributed by atoms with Crippen LogP contribution in [0.25, 0.3) is 0 Å². The summed E-state index contributed by atoms with van der Waals surface area (Å²) in [7, 11) is -3.74. The van der Waals surface area contributed by atoms with Crippen molar-refractivity contribution >= 4 is 55.1 Å². The first-order valence-electron chi connectivity index (χ1n) is 7.43. The van der Waals surface area contributed by atoms with Crippen LogP contribution in [0.1, 0.15) is 25.0 Å². The number of nitrogens with zero attached hydrogens (tertiary/aromatic N) is 1. The third kappa shape index (κ3) is 3.78. The SMILES string of the molecule is Cc1cc(C(=O)c2sc(Nc3ccc(S(N)(=O)=O)cc3)nc2N)c(C)s1. The lowest BCUT2D eigenvalue weighted by atomic mass is 10.1. The molecule has 26 heavy (non-hydrogen) atoms. The van der Waals surface area contributed by atoms with E-state index in [1.54, 1.807) is 23.5 Å². The summed E-state index contributed by atoms with van der Waals surface area (Å²) in [5.41, 5.74) is 7.15. The molecule has 0 saturated heterocycles. The molecule has 2 heterocycles. The van der Waals surface area contributed by atoms with Gasteiger partial charge in [-0.2, -0.15) is 0 Å². The number of nitrogens with one attached hydrogen (secondary N) is 1. The van der Waals surface area contributed by atoms with Crippen LogP contribution in [-0.2, 0) is 10.0 Å². The number of hydrogen-bond donors (Lipinski definition) is 3. The van der Waals surface area contributed by atoms with E-state index in [4.69, 9.17) is 10.9 Å². The molecule has 0 aliphatic carbocycles. The summed E-state index contributed by atoms with van der Waals surface area (Å²) in [5.74, 6) is 0.00591. The Kier molecular flexibility index (Phi) is 4.84. The van der Waals surface area contributed by atoms with Gasteiger partial charge in [0.15, 0.2) is 5.13 Å². The Morgan fingerprint density at radius 1 is 1.15 bits per heavy atom. The van der Waals surface area contributed by atoms with Crippen LogP contribution in [0.15, 0.2) is 35.2 Å². The number of aromatic nitrogens is 1. The Labute approximate surface area is 158 Å². The van der Waals surface area contributed by atoms with Crippen molar-refractivity contribution in [3.63, 3.8) is 0 Å². The molecule has 1 aromatic carbocycles. The molecule has 0 aliphatic heterocycles. The smallest absolute Gasteiger partial charge is 0.238 e. The molecule has 0 bridgehead atoms. The van der Waals surface area contributed by atoms with E-state index in [1.807, 2.05) is 19.9 Å². The maximum absolute atomic E-state index is 12.7. The monoisotopic (exact) mass is 408 g/mol. The van der Waals surface area contributed by atoms with Crippen LogP contribution in [0.3, 0.4) is 0 Å². The van der Waals surface area contributed by atoms with Crippen molar-refractivity contribution in [3.8, 4) is 0 Å². The average molecular weight is 409 g/mol. The highest BCUT2D eigenvalue weighted by molar-refractivity contribution is 7.89. The number of nitrogens with two attached hydrogens (primary N) is 2. The van der Waals surface area contributed by atoms with E-state index in [1.165, 1.54) is 12.1 Å². The largest absolute Gasteiger partial charge is 0.382 e. The van der Waals surface area contributed by atoms with E-state index >= 15 is 0 Å². The molecule has 0 amide bonds. The number of thiazole rings is 1. The van der Waals surface area contributed by atoms with E-state index < -0.39 is 10.0 Å². The number of carbonyl (C=O) groups excluding carboxylic acids is 1. The Hall–Kier alpha value is -2.27. The van der Waals surface area contributed by atoms with Crippen molar-refractivity contribution in [2.45, 2.75) is 18.7 Å². The molecule has 0 radical (unpaired) electrons. The van der Waals surface area contributed by atoms with Gasteiger partial charge in [-0.25, -0.2) is 18.5 Å². The lowest BCUT2D eigenvalue weighted by Gasteiger charge is -2.03. The van der Waals surface area contributed by atoms with Crippen LogP contribution in [0.5, 0.6) is 0 Å². The molecule has 10 heteroatoms. The fourth-order valence-corrected chi connectivity index (χ4v) is 4.67. The predicted octanol–water partition coefficient (Wildman–Crippen LogP) is 3.03. The molecule has 0 atom stereocenters. The molecule has 3 aromatic rings. The zero-order chi connectivity index (χ0) is 19.1. The Bertz CT molecular complexity index is 1080. The molecule has 2 aromatic heterocycles. The molecule has 0 fully saturated rings. The number of benzene rings is 1. The minimum atomic E-state index is -3.74. The molecule has 7 nitrogen and oxygen atoms in total. The Morgan fingerprint density at radius 2 is 1.81 bits per heavy atom. The van der Waals surface area contributed by atoms with E-state index in [0.717, 1.165) is 21.1 Å². The van der Waals surface area contributed by atoms with Crippen molar-refractivity contribution in [1.29, 1.82) is 0 Å². The number of thiophene rings is 1. The highest BCUT2D eigenvalue weighted by Gasteiger charge is 2.21. The highest BCUT2D eigenvalue weighted by Crippen LogP contribution is 2.32. The molecular weight excluding hydrogens is 392 g/mol. The number of carbonyl (C=O) groups is 1. The van der Waals surface area contributed by atoms with E-state index in [9.17, 15) is 13.2 Å². The van der Waals surface area contributed by atoms with E-state index in [-0.39, 0.29) is 16.5 Å². The molecule has 3 rings (SSSR count). The number of primary sulfonamides is 1. The third-order valence-corrected chi connectivity index (χ3v) is 6.46. The topological polar surface area (TPSA) is 128 Å². The molecule has 0 saturated carbocycles. The average Bonchev–Trinajstić information content (AvgIpc) is 3.08. The van der Waals surface area contributed by atoms with Crippen molar-refractivity contribution < 1.29 is 13.2 Å². The van der Waals surface area contributed by atoms with Crippen molar-refractivity contribution in [2.24, 2.45) is 5.14 Å². The van der Waals surface area contributed by atoms with E-state index in [2.05, 4.69) is 10.3 Å². The van der Waals surface area contributed by atoms with Gasteiger partial charge in [0, 0.05) is 21.0 Å². The number of ketones is 1. The van der Waals surface area contributed by atoms with Crippen LogP contribution in [0.4, 0.5) is 16.6 Å². The quantitative estimate of drug-likeness (QED) is 0.557. The number of nitrogen functional groups attached to an aromatic ring is 1. The molecule has 136 valence electrons. The van der Waals surface area contributed by atoms with Gasteiger partial charge in [-0.05, 0) is 44.2 Å². The molecule has 5 N–H and O–H groups in total. The molecule has 0 unspecified atom stereocenters. The third-order valence-electron chi connectivity index (χ3n) is 3.58. The highest BCUT2D eigenvalue weighted by atomic mass is 32.2. The van der Waals surface area contributed by atoms with E-state index in [0.29, 0.717) is 21.3 Å². The summed E-state index contributed by atoms with van der Waals surface area (Å²) in [5, 5.41) is 8.53. The zero-order valence-corrected chi connectivity index (χ0v) is 16.4. The Morgan fingerprint density at radius 3 is 2.35 bits per heavy atom. The van der Waals surface area contributed by atoms with Gasteiger partial charge in [0.05, 0.1) is 4.90 Å². The summed E-state index contributed by atoms with van der Waals surface area (Å²) in [6, 6.07) is 7.74. The Balaban J connectivity index is 1.84. The number of aryl methyl sites for hydroxylation is 2. The lowest BCUT2D eigenvalue weighted by molar-refractivity contribution is 0.104. The molecule has 0 aliphatic rings. The number of rotatable bonds is 5.